The first-order valence-electron chi connectivity index (χ1n) is 13.7. The zero-order valence-electron chi connectivity index (χ0n) is 23.4. The molecule has 0 saturated carbocycles. The maximum absolute atomic E-state index is 13.2. The number of hydrogen-bond acceptors (Lipinski definition) is 3. The highest BCUT2D eigenvalue weighted by molar-refractivity contribution is 5.89. The van der Waals surface area contributed by atoms with Crippen molar-refractivity contribution in [2.75, 3.05) is 25.0 Å². The summed E-state index contributed by atoms with van der Waals surface area (Å²) in [4.78, 5) is 26.5. The molecular weight excluding hydrogens is 464 g/mol. The number of anilines is 1. The fraction of sp³-hybridized carbons (Fsp3) is 0.548. The molecule has 1 atom stereocenters. The Balaban J connectivity index is 2.00. The summed E-state index contributed by atoms with van der Waals surface area (Å²) in [5.74, 6) is -0.945. The number of amides is 2. The van der Waals surface area contributed by atoms with E-state index >= 15 is 0 Å². The smallest absolute Gasteiger partial charge is 0.333 e. The summed E-state index contributed by atoms with van der Waals surface area (Å²) in [6.07, 6.45) is 5.97. The number of rotatable bonds is 15. The molecule has 0 saturated heterocycles. The molecule has 2 aromatic rings. The molecular formula is C31H46N2O4. The standard InChI is InChI=1S/C31H46N2O4/c1-6-8-9-10-11-21-33(30(36)32-27-18-16-26(17-19-27)31(3,4)5)22-20-24-12-14-25(15-13-24)23-28(29(34)35)37-7-2/h12-19,28H,6-11,20-23H2,1-5H3,(H,32,36)(H,34,35). The number of carbonyl (C=O) groups is 2. The Kier molecular flexibility index (Phi) is 12.6. The molecule has 0 bridgehead atoms. The van der Waals surface area contributed by atoms with Gasteiger partial charge in [-0.25, -0.2) is 9.59 Å². The van der Waals surface area contributed by atoms with Crippen molar-refractivity contribution in [2.24, 2.45) is 0 Å². The third-order valence-corrected chi connectivity index (χ3v) is 6.58. The number of carboxylic acids is 1. The fourth-order valence-electron chi connectivity index (χ4n) is 4.22. The summed E-state index contributed by atoms with van der Waals surface area (Å²) in [5, 5.41) is 12.4. The molecule has 0 aliphatic rings. The van der Waals surface area contributed by atoms with Gasteiger partial charge in [0, 0.05) is 31.8 Å². The van der Waals surface area contributed by atoms with Crippen LogP contribution < -0.4 is 5.32 Å². The molecule has 37 heavy (non-hydrogen) atoms. The van der Waals surface area contributed by atoms with Crippen LogP contribution in [0.25, 0.3) is 0 Å². The molecule has 0 radical (unpaired) electrons. The molecule has 0 spiro atoms. The number of benzene rings is 2. The van der Waals surface area contributed by atoms with E-state index in [1.54, 1.807) is 6.92 Å². The van der Waals surface area contributed by atoms with Crippen LogP contribution >= 0.6 is 0 Å². The zero-order valence-corrected chi connectivity index (χ0v) is 23.4. The van der Waals surface area contributed by atoms with Gasteiger partial charge in [-0.3, -0.25) is 0 Å². The van der Waals surface area contributed by atoms with E-state index in [0.717, 1.165) is 42.6 Å². The average molecular weight is 511 g/mol. The second kappa shape index (κ2) is 15.4. The van der Waals surface area contributed by atoms with Crippen LogP contribution in [0.4, 0.5) is 10.5 Å². The minimum absolute atomic E-state index is 0.0696. The van der Waals surface area contributed by atoms with Gasteiger partial charge in [0.25, 0.3) is 0 Å². The van der Waals surface area contributed by atoms with Gasteiger partial charge in [-0.15, -0.1) is 0 Å². The molecule has 0 aromatic heterocycles. The lowest BCUT2D eigenvalue weighted by atomic mass is 9.87. The van der Waals surface area contributed by atoms with Crippen molar-refractivity contribution in [3.63, 3.8) is 0 Å². The van der Waals surface area contributed by atoms with Crippen LogP contribution in [0.3, 0.4) is 0 Å². The quantitative estimate of drug-likeness (QED) is 0.251. The Morgan fingerprint density at radius 1 is 0.892 bits per heavy atom. The first-order chi connectivity index (χ1) is 17.6. The number of carbonyl (C=O) groups excluding carboxylic acids is 1. The van der Waals surface area contributed by atoms with E-state index in [-0.39, 0.29) is 11.4 Å². The Morgan fingerprint density at radius 3 is 2.08 bits per heavy atom. The lowest BCUT2D eigenvalue weighted by Gasteiger charge is -2.24. The molecule has 2 N–H and O–H groups in total. The molecule has 0 aliphatic carbocycles. The number of carboxylic acid groups (broad SMARTS) is 1. The number of nitrogens with one attached hydrogen (secondary N) is 1. The zero-order chi connectivity index (χ0) is 27.3. The van der Waals surface area contributed by atoms with E-state index in [1.807, 2.05) is 41.3 Å². The summed E-state index contributed by atoms with van der Waals surface area (Å²) in [5.41, 5.74) is 4.15. The summed E-state index contributed by atoms with van der Waals surface area (Å²) < 4.78 is 5.33. The average Bonchev–Trinajstić information content (AvgIpc) is 2.86. The highest BCUT2D eigenvalue weighted by Crippen LogP contribution is 2.23. The number of nitrogens with zero attached hydrogens (tertiary/aromatic N) is 1. The molecule has 0 fully saturated rings. The summed E-state index contributed by atoms with van der Waals surface area (Å²) in [7, 11) is 0. The molecule has 0 aliphatic heterocycles. The third-order valence-electron chi connectivity index (χ3n) is 6.58. The lowest BCUT2D eigenvalue weighted by molar-refractivity contribution is -0.149. The number of aliphatic carboxylic acids is 1. The van der Waals surface area contributed by atoms with Crippen molar-refractivity contribution in [1.82, 2.24) is 4.90 Å². The topological polar surface area (TPSA) is 78.9 Å². The molecule has 6 heteroatoms. The first kappa shape index (κ1) is 30.4. The molecule has 1 unspecified atom stereocenters. The van der Waals surface area contributed by atoms with Crippen LogP contribution in [0.1, 0.15) is 83.4 Å². The second-order valence-corrected chi connectivity index (χ2v) is 10.7. The Morgan fingerprint density at radius 2 is 1.51 bits per heavy atom. The Hall–Kier alpha value is -2.86. The van der Waals surface area contributed by atoms with Gasteiger partial charge in [0.15, 0.2) is 6.10 Å². The van der Waals surface area contributed by atoms with Crippen molar-refractivity contribution in [1.29, 1.82) is 0 Å². The van der Waals surface area contributed by atoms with Crippen molar-refractivity contribution in [2.45, 2.75) is 91.1 Å². The van der Waals surface area contributed by atoms with E-state index in [2.05, 4.69) is 45.1 Å². The Labute approximate surface area is 223 Å². The molecule has 2 rings (SSSR count). The summed E-state index contributed by atoms with van der Waals surface area (Å²) >= 11 is 0. The molecule has 2 aromatic carbocycles. The van der Waals surface area contributed by atoms with Crippen LogP contribution in [-0.4, -0.2) is 47.8 Å². The lowest BCUT2D eigenvalue weighted by Crippen LogP contribution is -2.37. The summed E-state index contributed by atoms with van der Waals surface area (Å²) in [6.45, 7) is 12.2. The van der Waals surface area contributed by atoms with Gasteiger partial charge in [-0.05, 0) is 54.0 Å². The van der Waals surface area contributed by atoms with Gasteiger partial charge >= 0.3 is 12.0 Å². The molecule has 0 heterocycles. The van der Waals surface area contributed by atoms with Gasteiger partial charge in [0.1, 0.15) is 0 Å². The highest BCUT2D eigenvalue weighted by Gasteiger charge is 2.18. The normalized spacial score (nSPS) is 12.2. The predicted molar refractivity (Wildman–Crippen MR) is 151 cm³/mol. The third kappa shape index (κ3) is 11.0. The van der Waals surface area contributed by atoms with Gasteiger partial charge in [0.2, 0.25) is 0 Å². The number of hydrogen-bond donors (Lipinski definition) is 2. The fourth-order valence-corrected chi connectivity index (χ4v) is 4.22. The minimum Gasteiger partial charge on any atom is -0.479 e. The van der Waals surface area contributed by atoms with Crippen molar-refractivity contribution in [3.8, 4) is 0 Å². The van der Waals surface area contributed by atoms with E-state index in [1.165, 1.54) is 24.8 Å². The van der Waals surface area contributed by atoms with E-state index in [4.69, 9.17) is 4.74 Å². The van der Waals surface area contributed by atoms with Crippen LogP contribution in [0, 0.1) is 0 Å². The van der Waals surface area contributed by atoms with E-state index < -0.39 is 12.1 Å². The van der Waals surface area contributed by atoms with E-state index in [9.17, 15) is 14.7 Å². The SMILES string of the molecule is CCCCCCCN(CCc1ccc(CC(OCC)C(=O)O)cc1)C(=O)Nc1ccc(C(C)(C)C)cc1. The van der Waals surface area contributed by atoms with Crippen molar-refractivity contribution in [3.05, 3.63) is 65.2 Å². The van der Waals surface area contributed by atoms with E-state index in [0.29, 0.717) is 19.6 Å². The predicted octanol–water partition coefficient (Wildman–Crippen LogP) is 7.06. The van der Waals surface area contributed by atoms with Crippen LogP contribution in [0.2, 0.25) is 0 Å². The second-order valence-electron chi connectivity index (χ2n) is 10.7. The first-order valence-corrected chi connectivity index (χ1v) is 13.7. The number of urea groups is 1. The van der Waals surface area contributed by atoms with Gasteiger partial charge in [0.05, 0.1) is 0 Å². The minimum atomic E-state index is -0.945. The molecule has 2 amide bonds. The van der Waals surface area contributed by atoms with Crippen LogP contribution in [-0.2, 0) is 27.8 Å². The monoisotopic (exact) mass is 510 g/mol. The Bertz CT molecular complexity index is 949. The molecule has 6 nitrogen and oxygen atoms in total. The molecule has 204 valence electrons. The number of unbranched alkanes of at least 4 members (excludes halogenated alkanes) is 4. The van der Waals surface area contributed by atoms with Crippen LogP contribution in [0.15, 0.2) is 48.5 Å². The maximum atomic E-state index is 13.2. The van der Waals surface area contributed by atoms with Gasteiger partial charge in [-0.2, -0.15) is 0 Å². The number of ether oxygens (including phenoxy) is 1. The largest absolute Gasteiger partial charge is 0.479 e. The van der Waals surface area contributed by atoms with Crippen molar-refractivity contribution < 1.29 is 19.4 Å². The van der Waals surface area contributed by atoms with Gasteiger partial charge < -0.3 is 20.1 Å². The highest BCUT2D eigenvalue weighted by atomic mass is 16.5. The van der Waals surface area contributed by atoms with Crippen LogP contribution in [0.5, 0.6) is 0 Å². The maximum Gasteiger partial charge on any atom is 0.333 e. The summed E-state index contributed by atoms with van der Waals surface area (Å²) in [6, 6.07) is 16.0. The van der Waals surface area contributed by atoms with Crippen molar-refractivity contribution >= 4 is 17.7 Å². The van der Waals surface area contributed by atoms with Gasteiger partial charge in [-0.1, -0.05) is 89.8 Å².